The first kappa shape index (κ1) is 12.3. The number of hydrogen-bond donors (Lipinski definition) is 3. The van der Waals surface area contributed by atoms with Crippen molar-refractivity contribution in [1.29, 1.82) is 0 Å². The first-order valence-corrected chi connectivity index (χ1v) is 7.14. The fourth-order valence-corrected chi connectivity index (χ4v) is 2.20. The van der Waals surface area contributed by atoms with Crippen LogP contribution >= 0.6 is 0 Å². The van der Waals surface area contributed by atoms with Crippen LogP contribution in [0.5, 0.6) is 0 Å². The van der Waals surface area contributed by atoms with Crippen molar-refractivity contribution in [3.63, 3.8) is 0 Å². The lowest BCUT2D eigenvalue weighted by Gasteiger charge is -2.12. The van der Waals surface area contributed by atoms with Crippen LogP contribution in [0.3, 0.4) is 0 Å². The predicted molar refractivity (Wildman–Crippen MR) is 67.0 cm³/mol. The SMILES string of the molecule is NC(CNc1ccc(S(N)(=O)=O)cc1)C1CC1. The number of primary sulfonamides is 1. The van der Waals surface area contributed by atoms with Crippen LogP contribution in [0.15, 0.2) is 29.2 Å². The van der Waals surface area contributed by atoms with Gasteiger partial charge in [-0.25, -0.2) is 13.6 Å². The normalized spacial score (nSPS) is 17.8. The lowest BCUT2D eigenvalue weighted by atomic mass is 10.2. The largest absolute Gasteiger partial charge is 0.383 e. The van der Waals surface area contributed by atoms with Gasteiger partial charge in [-0.05, 0) is 43.0 Å². The number of rotatable bonds is 5. The maximum absolute atomic E-state index is 11.0. The zero-order valence-corrected chi connectivity index (χ0v) is 10.3. The molecular formula is C11H17N3O2S. The summed E-state index contributed by atoms with van der Waals surface area (Å²) in [6, 6.07) is 6.53. The Balaban J connectivity index is 1.93. The van der Waals surface area contributed by atoms with E-state index in [0.717, 1.165) is 5.69 Å². The van der Waals surface area contributed by atoms with E-state index in [4.69, 9.17) is 10.9 Å². The smallest absolute Gasteiger partial charge is 0.238 e. The third-order valence-electron chi connectivity index (χ3n) is 2.95. The quantitative estimate of drug-likeness (QED) is 0.713. The standard InChI is InChI=1S/C11H17N3O2S/c12-11(8-1-2-8)7-14-9-3-5-10(6-4-9)17(13,15)16/h3-6,8,11,14H,1-2,7,12H2,(H2,13,15,16). The van der Waals surface area contributed by atoms with Gasteiger partial charge in [0.15, 0.2) is 0 Å². The molecule has 0 bridgehead atoms. The molecule has 0 saturated heterocycles. The molecule has 5 nitrogen and oxygen atoms in total. The average molecular weight is 255 g/mol. The first-order chi connectivity index (χ1) is 7.97. The summed E-state index contributed by atoms with van der Waals surface area (Å²) >= 11 is 0. The fraction of sp³-hybridized carbons (Fsp3) is 0.455. The molecule has 1 unspecified atom stereocenters. The predicted octanol–water partition coefficient (Wildman–Crippen LogP) is 0.483. The summed E-state index contributed by atoms with van der Waals surface area (Å²) in [5.41, 5.74) is 6.80. The van der Waals surface area contributed by atoms with Gasteiger partial charge < -0.3 is 11.1 Å². The van der Waals surface area contributed by atoms with Crippen LogP contribution in [0.1, 0.15) is 12.8 Å². The second-order valence-electron chi connectivity index (χ2n) is 4.45. The molecule has 0 aliphatic heterocycles. The van der Waals surface area contributed by atoms with E-state index in [9.17, 15) is 8.42 Å². The second-order valence-corrected chi connectivity index (χ2v) is 6.01. The van der Waals surface area contributed by atoms with Crippen molar-refractivity contribution in [2.45, 2.75) is 23.8 Å². The molecule has 94 valence electrons. The molecule has 1 aliphatic carbocycles. The number of hydrogen-bond acceptors (Lipinski definition) is 4. The molecule has 1 aliphatic rings. The minimum atomic E-state index is -3.61. The van der Waals surface area contributed by atoms with Crippen molar-refractivity contribution >= 4 is 15.7 Å². The van der Waals surface area contributed by atoms with Crippen molar-refractivity contribution in [2.75, 3.05) is 11.9 Å². The Morgan fingerprint density at radius 2 is 1.88 bits per heavy atom. The van der Waals surface area contributed by atoms with E-state index in [-0.39, 0.29) is 10.9 Å². The van der Waals surface area contributed by atoms with Crippen LogP contribution in [0.2, 0.25) is 0 Å². The highest BCUT2D eigenvalue weighted by Crippen LogP contribution is 2.31. The summed E-state index contributed by atoms with van der Waals surface area (Å²) in [5, 5.41) is 8.19. The van der Waals surface area contributed by atoms with Gasteiger partial charge in [0.1, 0.15) is 0 Å². The average Bonchev–Trinajstić information content (AvgIpc) is 3.09. The Morgan fingerprint density at radius 3 is 2.35 bits per heavy atom. The number of nitrogens with two attached hydrogens (primary N) is 2. The monoisotopic (exact) mass is 255 g/mol. The van der Waals surface area contributed by atoms with Gasteiger partial charge in [0.2, 0.25) is 10.0 Å². The Labute approximate surface area is 101 Å². The molecule has 0 radical (unpaired) electrons. The molecule has 0 aromatic heterocycles. The van der Waals surface area contributed by atoms with E-state index in [1.165, 1.54) is 25.0 Å². The van der Waals surface area contributed by atoms with Gasteiger partial charge in [-0.1, -0.05) is 0 Å². The van der Waals surface area contributed by atoms with Crippen molar-refractivity contribution in [3.05, 3.63) is 24.3 Å². The van der Waals surface area contributed by atoms with E-state index < -0.39 is 10.0 Å². The van der Waals surface area contributed by atoms with Gasteiger partial charge in [-0.2, -0.15) is 0 Å². The number of anilines is 1. The van der Waals surface area contributed by atoms with E-state index in [0.29, 0.717) is 12.5 Å². The summed E-state index contributed by atoms with van der Waals surface area (Å²) < 4.78 is 22.1. The maximum Gasteiger partial charge on any atom is 0.238 e. The first-order valence-electron chi connectivity index (χ1n) is 5.59. The molecule has 1 saturated carbocycles. The van der Waals surface area contributed by atoms with Crippen molar-refractivity contribution < 1.29 is 8.42 Å². The van der Waals surface area contributed by atoms with Crippen molar-refractivity contribution in [3.8, 4) is 0 Å². The van der Waals surface area contributed by atoms with Crippen LogP contribution in [0.4, 0.5) is 5.69 Å². The van der Waals surface area contributed by atoms with Crippen molar-refractivity contribution in [2.24, 2.45) is 16.8 Å². The van der Waals surface area contributed by atoms with Gasteiger partial charge >= 0.3 is 0 Å². The molecule has 0 spiro atoms. The summed E-state index contributed by atoms with van der Waals surface area (Å²) in [7, 11) is -3.61. The minimum absolute atomic E-state index is 0.120. The van der Waals surface area contributed by atoms with Crippen LogP contribution in [-0.4, -0.2) is 21.0 Å². The summed E-state index contributed by atoms with van der Waals surface area (Å²) in [4.78, 5) is 0.120. The molecule has 6 heteroatoms. The highest BCUT2D eigenvalue weighted by molar-refractivity contribution is 7.89. The highest BCUT2D eigenvalue weighted by atomic mass is 32.2. The van der Waals surface area contributed by atoms with Crippen LogP contribution in [0, 0.1) is 5.92 Å². The van der Waals surface area contributed by atoms with E-state index in [1.807, 2.05) is 0 Å². The molecular weight excluding hydrogens is 238 g/mol. The summed E-state index contributed by atoms with van der Waals surface area (Å²) in [5.74, 6) is 0.645. The number of nitrogens with one attached hydrogen (secondary N) is 1. The molecule has 1 fully saturated rings. The molecule has 0 amide bonds. The van der Waals surface area contributed by atoms with Gasteiger partial charge in [0, 0.05) is 18.3 Å². The zero-order chi connectivity index (χ0) is 12.5. The number of benzene rings is 1. The third kappa shape index (κ3) is 3.42. The molecule has 1 aromatic carbocycles. The Hall–Kier alpha value is -1.11. The van der Waals surface area contributed by atoms with Gasteiger partial charge in [0.25, 0.3) is 0 Å². The van der Waals surface area contributed by atoms with Gasteiger partial charge in [-0.3, -0.25) is 0 Å². The number of sulfonamides is 1. The second kappa shape index (κ2) is 4.64. The Bertz CT molecular complexity index is 480. The third-order valence-corrected chi connectivity index (χ3v) is 3.88. The summed E-state index contributed by atoms with van der Waals surface area (Å²) in [6.07, 6.45) is 2.43. The van der Waals surface area contributed by atoms with Crippen LogP contribution < -0.4 is 16.2 Å². The topological polar surface area (TPSA) is 98.2 Å². The fourth-order valence-electron chi connectivity index (χ4n) is 1.69. The minimum Gasteiger partial charge on any atom is -0.383 e. The molecule has 1 aromatic rings. The van der Waals surface area contributed by atoms with E-state index in [2.05, 4.69) is 5.32 Å². The van der Waals surface area contributed by atoms with Crippen molar-refractivity contribution in [1.82, 2.24) is 0 Å². The molecule has 0 heterocycles. The molecule has 17 heavy (non-hydrogen) atoms. The Kier molecular flexibility index (Phi) is 3.37. The van der Waals surface area contributed by atoms with Gasteiger partial charge in [0.05, 0.1) is 4.90 Å². The van der Waals surface area contributed by atoms with E-state index >= 15 is 0 Å². The van der Waals surface area contributed by atoms with Crippen LogP contribution in [0.25, 0.3) is 0 Å². The van der Waals surface area contributed by atoms with Gasteiger partial charge in [-0.15, -0.1) is 0 Å². The van der Waals surface area contributed by atoms with Crippen LogP contribution in [-0.2, 0) is 10.0 Å². The molecule has 2 rings (SSSR count). The molecule has 5 N–H and O–H groups in total. The summed E-state index contributed by atoms with van der Waals surface area (Å²) in [6.45, 7) is 0.708. The zero-order valence-electron chi connectivity index (χ0n) is 9.46. The van der Waals surface area contributed by atoms with E-state index in [1.54, 1.807) is 12.1 Å². The maximum atomic E-state index is 11.0. The molecule has 1 atom stereocenters. The Morgan fingerprint density at radius 1 is 1.29 bits per heavy atom. The highest BCUT2D eigenvalue weighted by Gasteiger charge is 2.27. The lowest BCUT2D eigenvalue weighted by molar-refractivity contribution is 0.598. The lowest BCUT2D eigenvalue weighted by Crippen LogP contribution is -2.31.